The van der Waals surface area contributed by atoms with Gasteiger partial charge in [0.2, 0.25) is 0 Å². The van der Waals surface area contributed by atoms with Crippen LogP contribution in [0.4, 0.5) is 0 Å². The molecule has 23 heavy (non-hydrogen) atoms. The van der Waals surface area contributed by atoms with Gasteiger partial charge in [0.1, 0.15) is 0 Å². The van der Waals surface area contributed by atoms with Crippen molar-refractivity contribution in [3.8, 4) is 11.1 Å². The van der Waals surface area contributed by atoms with Crippen molar-refractivity contribution in [2.24, 2.45) is 0 Å². The number of para-hydroxylation sites is 1. The second-order valence-electron chi connectivity index (χ2n) is 5.63. The van der Waals surface area contributed by atoms with Gasteiger partial charge < -0.3 is 9.84 Å². The van der Waals surface area contributed by atoms with Crippen LogP contribution in [-0.4, -0.2) is 22.7 Å². The number of carbonyl (C=O) groups is 1. The summed E-state index contributed by atoms with van der Waals surface area (Å²) in [7, 11) is 0. The molecule has 1 aromatic heterocycles. The van der Waals surface area contributed by atoms with Gasteiger partial charge in [-0.2, -0.15) is 0 Å². The average Bonchev–Trinajstić information content (AvgIpc) is 2.60. The minimum Gasteiger partial charge on any atom is -0.479 e. The van der Waals surface area contributed by atoms with Crippen LogP contribution in [0, 0.1) is 0 Å². The van der Waals surface area contributed by atoms with Gasteiger partial charge in [0.05, 0.1) is 12.1 Å². The third-order valence-corrected chi connectivity index (χ3v) is 4.25. The molecule has 114 valence electrons. The van der Waals surface area contributed by atoms with E-state index in [4.69, 9.17) is 4.74 Å². The van der Waals surface area contributed by atoms with E-state index in [1.165, 1.54) is 0 Å². The molecule has 4 nitrogen and oxygen atoms in total. The highest BCUT2D eigenvalue weighted by molar-refractivity contribution is 5.93. The SMILES string of the molecule is O=C(O)C1OCCc2ccc(-c3cccc4cccnc34)cc21. The van der Waals surface area contributed by atoms with Crippen molar-refractivity contribution in [1.29, 1.82) is 0 Å². The maximum absolute atomic E-state index is 11.4. The first kappa shape index (κ1) is 13.9. The van der Waals surface area contributed by atoms with Crippen LogP contribution in [0.25, 0.3) is 22.0 Å². The van der Waals surface area contributed by atoms with Crippen LogP contribution in [-0.2, 0) is 16.0 Å². The fourth-order valence-electron chi connectivity index (χ4n) is 3.15. The molecule has 1 N–H and O–H groups in total. The Morgan fingerprint density at radius 3 is 2.91 bits per heavy atom. The molecule has 0 bridgehead atoms. The van der Waals surface area contributed by atoms with Crippen molar-refractivity contribution in [2.45, 2.75) is 12.5 Å². The summed E-state index contributed by atoms with van der Waals surface area (Å²) in [5.74, 6) is -0.945. The van der Waals surface area contributed by atoms with E-state index >= 15 is 0 Å². The van der Waals surface area contributed by atoms with Crippen LogP contribution in [0.2, 0.25) is 0 Å². The lowest BCUT2D eigenvalue weighted by atomic mass is 9.92. The maximum atomic E-state index is 11.4. The molecule has 2 aromatic carbocycles. The molecule has 1 atom stereocenters. The zero-order valence-electron chi connectivity index (χ0n) is 12.4. The van der Waals surface area contributed by atoms with Crippen LogP contribution < -0.4 is 0 Å². The van der Waals surface area contributed by atoms with Gasteiger partial charge in [-0.25, -0.2) is 4.79 Å². The fraction of sp³-hybridized carbons (Fsp3) is 0.158. The molecule has 3 aromatic rings. The van der Waals surface area contributed by atoms with Gasteiger partial charge in [-0.3, -0.25) is 4.98 Å². The first-order chi connectivity index (χ1) is 11.2. The van der Waals surface area contributed by atoms with Gasteiger partial charge in [0, 0.05) is 17.1 Å². The molecule has 0 saturated heterocycles. The number of rotatable bonds is 2. The Hall–Kier alpha value is -2.72. The second-order valence-corrected chi connectivity index (χ2v) is 5.63. The number of hydrogen-bond acceptors (Lipinski definition) is 3. The Labute approximate surface area is 133 Å². The van der Waals surface area contributed by atoms with E-state index in [-0.39, 0.29) is 0 Å². The summed E-state index contributed by atoms with van der Waals surface area (Å²) in [5, 5.41) is 10.4. The van der Waals surface area contributed by atoms with E-state index in [0.29, 0.717) is 6.61 Å². The molecule has 1 unspecified atom stereocenters. The molecule has 0 radical (unpaired) electrons. The number of fused-ring (bicyclic) bond motifs is 2. The van der Waals surface area contributed by atoms with Gasteiger partial charge in [-0.1, -0.05) is 36.4 Å². The molecular weight excluding hydrogens is 290 g/mol. The summed E-state index contributed by atoms with van der Waals surface area (Å²) in [6, 6.07) is 15.9. The molecule has 1 aliphatic heterocycles. The minimum absolute atomic E-state index is 0.444. The summed E-state index contributed by atoms with van der Waals surface area (Å²) in [6.07, 6.45) is 1.63. The van der Waals surface area contributed by atoms with Gasteiger partial charge in [0.15, 0.2) is 6.10 Å². The Morgan fingerprint density at radius 2 is 2.04 bits per heavy atom. The number of carboxylic acids is 1. The van der Waals surface area contributed by atoms with Gasteiger partial charge in [0.25, 0.3) is 0 Å². The summed E-state index contributed by atoms with van der Waals surface area (Å²) in [4.78, 5) is 15.9. The highest BCUT2D eigenvalue weighted by Crippen LogP contribution is 2.33. The average molecular weight is 305 g/mol. The maximum Gasteiger partial charge on any atom is 0.337 e. The van der Waals surface area contributed by atoms with E-state index in [0.717, 1.165) is 39.6 Å². The molecule has 4 rings (SSSR count). The normalized spacial score (nSPS) is 17.0. The highest BCUT2D eigenvalue weighted by atomic mass is 16.5. The molecular formula is C19H15NO3. The van der Waals surface area contributed by atoms with Crippen molar-refractivity contribution in [1.82, 2.24) is 4.98 Å². The molecule has 0 saturated carbocycles. The van der Waals surface area contributed by atoms with Crippen molar-refractivity contribution in [3.63, 3.8) is 0 Å². The minimum atomic E-state index is -0.945. The summed E-state index contributed by atoms with van der Waals surface area (Å²) in [6.45, 7) is 0.444. The fourth-order valence-corrected chi connectivity index (χ4v) is 3.15. The van der Waals surface area contributed by atoms with Crippen molar-refractivity contribution < 1.29 is 14.6 Å². The predicted octanol–water partition coefficient (Wildman–Crippen LogP) is 3.60. The molecule has 1 aliphatic rings. The number of ether oxygens (including phenoxy) is 1. The Balaban J connectivity index is 1.90. The number of hydrogen-bond donors (Lipinski definition) is 1. The van der Waals surface area contributed by atoms with Crippen molar-refractivity contribution in [2.75, 3.05) is 6.61 Å². The van der Waals surface area contributed by atoms with Crippen molar-refractivity contribution >= 4 is 16.9 Å². The van der Waals surface area contributed by atoms with Crippen LogP contribution in [0.3, 0.4) is 0 Å². The number of carboxylic acid groups (broad SMARTS) is 1. The second kappa shape index (κ2) is 5.48. The van der Waals surface area contributed by atoms with E-state index in [9.17, 15) is 9.90 Å². The highest BCUT2D eigenvalue weighted by Gasteiger charge is 2.27. The number of benzene rings is 2. The van der Waals surface area contributed by atoms with Crippen LogP contribution in [0.1, 0.15) is 17.2 Å². The Morgan fingerprint density at radius 1 is 1.17 bits per heavy atom. The molecule has 4 heteroatoms. The summed E-state index contributed by atoms with van der Waals surface area (Å²) in [5.41, 5.74) is 4.67. The molecule has 0 fully saturated rings. The Bertz CT molecular complexity index is 899. The number of aliphatic carboxylic acids is 1. The zero-order chi connectivity index (χ0) is 15.8. The lowest BCUT2D eigenvalue weighted by Gasteiger charge is -2.23. The summed E-state index contributed by atoms with van der Waals surface area (Å²) < 4.78 is 5.43. The molecule has 0 aliphatic carbocycles. The number of pyridine rings is 1. The van der Waals surface area contributed by atoms with Crippen LogP contribution in [0.5, 0.6) is 0 Å². The van der Waals surface area contributed by atoms with E-state index in [2.05, 4.69) is 4.98 Å². The lowest BCUT2D eigenvalue weighted by molar-refractivity contribution is -0.151. The standard InChI is InChI=1S/C19H15NO3/c21-19(22)18-16-11-14(7-6-12(16)8-10-23-18)15-5-1-3-13-4-2-9-20-17(13)15/h1-7,9,11,18H,8,10H2,(H,21,22). The van der Waals surface area contributed by atoms with E-state index in [1.54, 1.807) is 6.20 Å². The quantitative estimate of drug-likeness (QED) is 0.786. The Kier molecular flexibility index (Phi) is 3.32. The van der Waals surface area contributed by atoms with Crippen LogP contribution >= 0.6 is 0 Å². The molecule has 0 amide bonds. The van der Waals surface area contributed by atoms with Crippen molar-refractivity contribution in [3.05, 3.63) is 65.9 Å². The zero-order valence-corrected chi connectivity index (χ0v) is 12.4. The van der Waals surface area contributed by atoms with E-state index < -0.39 is 12.1 Å². The van der Waals surface area contributed by atoms with Gasteiger partial charge in [-0.05, 0) is 35.2 Å². The van der Waals surface area contributed by atoms with Gasteiger partial charge in [-0.15, -0.1) is 0 Å². The third kappa shape index (κ3) is 2.37. The molecule has 2 heterocycles. The first-order valence-electron chi connectivity index (χ1n) is 7.55. The number of aromatic nitrogens is 1. The third-order valence-electron chi connectivity index (χ3n) is 4.25. The smallest absolute Gasteiger partial charge is 0.337 e. The lowest BCUT2D eigenvalue weighted by Crippen LogP contribution is -2.23. The van der Waals surface area contributed by atoms with Gasteiger partial charge >= 0.3 is 5.97 Å². The molecule has 0 spiro atoms. The summed E-state index contributed by atoms with van der Waals surface area (Å²) >= 11 is 0. The van der Waals surface area contributed by atoms with Crippen LogP contribution in [0.15, 0.2) is 54.7 Å². The number of nitrogens with zero attached hydrogens (tertiary/aromatic N) is 1. The predicted molar refractivity (Wildman–Crippen MR) is 87.2 cm³/mol. The monoisotopic (exact) mass is 305 g/mol. The first-order valence-corrected chi connectivity index (χ1v) is 7.55. The largest absolute Gasteiger partial charge is 0.479 e. The topological polar surface area (TPSA) is 59.4 Å². The van der Waals surface area contributed by atoms with E-state index in [1.807, 2.05) is 48.5 Å².